The number of aryl methyl sites for hydroxylation is 1. The van der Waals surface area contributed by atoms with Crippen LogP contribution in [0.5, 0.6) is 11.5 Å². The number of alkyl halides is 2. The number of nitrogens with one attached hydrogen (secondary N) is 1. The van der Waals surface area contributed by atoms with Crippen molar-refractivity contribution in [2.45, 2.75) is 32.8 Å². The Hall–Kier alpha value is -3.39. The van der Waals surface area contributed by atoms with Gasteiger partial charge in [-0.2, -0.15) is 8.78 Å². The van der Waals surface area contributed by atoms with Crippen LogP contribution in [0.15, 0.2) is 48.5 Å². The van der Waals surface area contributed by atoms with Crippen molar-refractivity contribution in [2.75, 3.05) is 25.0 Å². The van der Waals surface area contributed by atoms with Crippen molar-refractivity contribution < 1.29 is 23.4 Å². The van der Waals surface area contributed by atoms with Gasteiger partial charge in [-0.15, -0.1) is 0 Å². The van der Waals surface area contributed by atoms with Crippen molar-refractivity contribution in [3.05, 3.63) is 59.1 Å². The Bertz CT molecular complexity index is 1210. The predicted molar refractivity (Wildman–Crippen MR) is 132 cm³/mol. The molecule has 3 aromatic rings. The molecule has 0 saturated carbocycles. The Morgan fingerprint density at radius 2 is 1.94 bits per heavy atom. The molecule has 1 amide bonds. The molecule has 0 bridgehead atoms. The topological polar surface area (TPSA) is 74.7 Å². The van der Waals surface area contributed by atoms with Crippen LogP contribution in [0.2, 0.25) is 5.02 Å². The molecule has 1 aromatic heterocycles. The van der Waals surface area contributed by atoms with Gasteiger partial charge in [-0.05, 0) is 72.9 Å². The summed E-state index contributed by atoms with van der Waals surface area (Å²) in [4.78, 5) is 18.4. The van der Waals surface area contributed by atoms with Crippen LogP contribution in [0.25, 0.3) is 22.4 Å². The summed E-state index contributed by atoms with van der Waals surface area (Å²) in [5.74, 6) is 0.888. The van der Waals surface area contributed by atoms with Crippen LogP contribution in [0.4, 0.5) is 14.6 Å². The van der Waals surface area contributed by atoms with Gasteiger partial charge >= 0.3 is 6.61 Å². The molecule has 2 aromatic carbocycles. The predicted octanol–water partition coefficient (Wildman–Crippen LogP) is 6.11. The van der Waals surface area contributed by atoms with Crippen molar-refractivity contribution in [1.82, 2.24) is 9.88 Å². The minimum Gasteiger partial charge on any atom is -0.507 e. The van der Waals surface area contributed by atoms with Gasteiger partial charge in [-0.3, -0.25) is 4.79 Å². The first kappa shape index (κ1) is 24.7. The average Bonchev–Trinajstić information content (AvgIpc) is 3.23. The zero-order valence-corrected chi connectivity index (χ0v) is 20.0. The van der Waals surface area contributed by atoms with E-state index in [0.29, 0.717) is 41.6 Å². The number of carbonyl (C=O) groups excluding carboxylic acids is 1. The van der Waals surface area contributed by atoms with E-state index in [4.69, 9.17) is 11.6 Å². The second-order valence-electron chi connectivity index (χ2n) is 8.41. The number of rotatable bonds is 9. The zero-order chi connectivity index (χ0) is 24.9. The summed E-state index contributed by atoms with van der Waals surface area (Å²) in [5.41, 5.74) is 3.26. The fourth-order valence-corrected chi connectivity index (χ4v) is 4.22. The van der Waals surface area contributed by atoms with Crippen LogP contribution >= 0.6 is 11.6 Å². The van der Waals surface area contributed by atoms with Crippen LogP contribution < -0.4 is 10.1 Å². The van der Waals surface area contributed by atoms with Crippen LogP contribution in [0.1, 0.15) is 24.8 Å². The molecule has 0 spiro atoms. The van der Waals surface area contributed by atoms with E-state index < -0.39 is 6.61 Å². The number of aromatic nitrogens is 1. The van der Waals surface area contributed by atoms with E-state index in [1.807, 2.05) is 11.0 Å². The number of anilines is 1. The maximum Gasteiger partial charge on any atom is 0.387 e. The molecule has 1 aliphatic heterocycles. The fourth-order valence-electron chi connectivity index (χ4n) is 4.05. The van der Waals surface area contributed by atoms with Gasteiger partial charge in [0.1, 0.15) is 17.3 Å². The summed E-state index contributed by atoms with van der Waals surface area (Å²) >= 11 is 6.31. The summed E-state index contributed by atoms with van der Waals surface area (Å²) in [7, 11) is 0. The maximum atomic E-state index is 12.5. The number of benzene rings is 2. The van der Waals surface area contributed by atoms with Crippen LogP contribution in [-0.4, -0.2) is 47.1 Å². The smallest absolute Gasteiger partial charge is 0.387 e. The Kier molecular flexibility index (Phi) is 7.70. The molecule has 0 aliphatic carbocycles. The molecule has 1 fully saturated rings. The number of amides is 1. The number of hydrogen-bond donors (Lipinski definition) is 2. The van der Waals surface area contributed by atoms with Crippen molar-refractivity contribution in [2.24, 2.45) is 0 Å². The van der Waals surface area contributed by atoms with E-state index >= 15 is 0 Å². The number of ether oxygens (including phenoxy) is 1. The summed E-state index contributed by atoms with van der Waals surface area (Å²) < 4.78 is 29.5. The number of hydrogen-bond acceptors (Lipinski definition) is 5. The van der Waals surface area contributed by atoms with Gasteiger partial charge in [0.25, 0.3) is 0 Å². The molecule has 2 N–H and O–H groups in total. The van der Waals surface area contributed by atoms with Crippen molar-refractivity contribution in [1.29, 1.82) is 0 Å². The third-order valence-electron chi connectivity index (χ3n) is 5.87. The Balaban J connectivity index is 1.60. The van der Waals surface area contributed by atoms with Crippen LogP contribution in [0.3, 0.4) is 0 Å². The lowest BCUT2D eigenvalue weighted by molar-refractivity contribution is -0.127. The number of pyridine rings is 1. The normalized spacial score (nSPS) is 13.5. The second kappa shape index (κ2) is 10.9. The third-order valence-corrected chi connectivity index (χ3v) is 6.28. The highest BCUT2D eigenvalue weighted by Gasteiger charge is 2.19. The lowest BCUT2D eigenvalue weighted by Gasteiger charge is -2.16. The number of phenols is 1. The Morgan fingerprint density at radius 1 is 1.17 bits per heavy atom. The molecular weight excluding hydrogens is 476 g/mol. The fraction of sp³-hybridized carbons (Fsp3) is 0.308. The molecule has 6 nitrogen and oxygen atoms in total. The van der Waals surface area contributed by atoms with Gasteiger partial charge in [0.05, 0.1) is 5.69 Å². The Morgan fingerprint density at radius 3 is 2.63 bits per heavy atom. The summed E-state index contributed by atoms with van der Waals surface area (Å²) in [5, 5.41) is 14.4. The number of halogens is 3. The zero-order valence-electron chi connectivity index (χ0n) is 19.2. The number of aromatic hydroxyl groups is 1. The number of likely N-dealkylation sites (tertiary alicyclic amines) is 1. The highest BCUT2D eigenvalue weighted by atomic mass is 35.5. The van der Waals surface area contributed by atoms with E-state index in [2.05, 4.69) is 15.0 Å². The van der Waals surface area contributed by atoms with Gasteiger partial charge in [-0.1, -0.05) is 23.7 Å². The van der Waals surface area contributed by atoms with Crippen molar-refractivity contribution in [3.8, 4) is 33.9 Å². The number of carbonyl (C=O) groups is 1. The van der Waals surface area contributed by atoms with Gasteiger partial charge in [-0.25, -0.2) is 4.98 Å². The van der Waals surface area contributed by atoms with Crippen molar-refractivity contribution in [3.63, 3.8) is 0 Å². The second-order valence-corrected chi connectivity index (χ2v) is 8.82. The first-order valence-electron chi connectivity index (χ1n) is 11.4. The molecule has 1 aliphatic rings. The molecule has 0 radical (unpaired) electrons. The molecule has 9 heteroatoms. The van der Waals surface area contributed by atoms with E-state index in [1.54, 1.807) is 37.3 Å². The molecule has 0 unspecified atom stereocenters. The van der Waals surface area contributed by atoms with E-state index in [9.17, 15) is 18.7 Å². The molecule has 1 saturated heterocycles. The summed E-state index contributed by atoms with van der Waals surface area (Å²) in [6.07, 6.45) is 2.28. The molecule has 2 heterocycles. The maximum absolute atomic E-state index is 12.5. The van der Waals surface area contributed by atoms with Crippen LogP contribution in [0, 0.1) is 6.92 Å². The molecule has 184 valence electrons. The van der Waals surface area contributed by atoms with Crippen molar-refractivity contribution >= 4 is 23.3 Å². The first-order chi connectivity index (χ1) is 16.8. The van der Waals surface area contributed by atoms with E-state index in [1.165, 1.54) is 12.1 Å². The van der Waals surface area contributed by atoms with Gasteiger partial charge < -0.3 is 20.1 Å². The third kappa shape index (κ3) is 6.19. The lowest BCUT2D eigenvalue weighted by atomic mass is 10.0. The summed E-state index contributed by atoms with van der Waals surface area (Å²) in [6, 6.07) is 13.2. The number of nitrogens with zero attached hydrogens (tertiary/aromatic N) is 2. The monoisotopic (exact) mass is 501 g/mol. The highest BCUT2D eigenvalue weighted by Crippen LogP contribution is 2.36. The SMILES string of the molecule is Cc1cc(O)c(-c2cc(-c3ccc(OC(F)F)cc3)cc(NCCCN3CCCC3=O)n2)cc1Cl. The van der Waals surface area contributed by atoms with Gasteiger partial charge in [0.2, 0.25) is 5.91 Å². The molecule has 35 heavy (non-hydrogen) atoms. The van der Waals surface area contributed by atoms with Crippen LogP contribution in [-0.2, 0) is 4.79 Å². The van der Waals surface area contributed by atoms with Gasteiger partial charge in [0, 0.05) is 36.6 Å². The van der Waals surface area contributed by atoms with E-state index in [-0.39, 0.29) is 17.4 Å². The largest absolute Gasteiger partial charge is 0.507 e. The molecule has 0 atom stereocenters. The molecule has 4 rings (SSSR count). The lowest BCUT2D eigenvalue weighted by Crippen LogP contribution is -2.27. The average molecular weight is 502 g/mol. The summed E-state index contributed by atoms with van der Waals surface area (Å²) in [6.45, 7) is 0.987. The Labute approximate surface area is 207 Å². The number of phenolic OH excluding ortho intramolecular Hbond substituents is 1. The quantitative estimate of drug-likeness (QED) is 0.346. The minimum atomic E-state index is -2.89. The highest BCUT2D eigenvalue weighted by molar-refractivity contribution is 6.31. The minimum absolute atomic E-state index is 0.0516. The van der Waals surface area contributed by atoms with E-state index in [0.717, 1.165) is 36.1 Å². The standard InChI is InChI=1S/C26H26ClF2N3O3/c1-16-12-23(33)20(15-21(16)27)22-13-18(17-5-7-19(8-6-17)35-26(28)29)14-24(31-22)30-9-3-11-32-10-2-4-25(32)34/h5-8,12-15,26,33H,2-4,9-11H2,1H3,(H,30,31). The first-order valence-corrected chi connectivity index (χ1v) is 11.8. The molecular formula is C26H26ClF2N3O3. The van der Waals surface area contributed by atoms with Gasteiger partial charge in [0.15, 0.2) is 0 Å².